The molecule has 142 valence electrons. The fourth-order valence-corrected chi connectivity index (χ4v) is 4.08. The van der Waals surface area contributed by atoms with Gasteiger partial charge in [0, 0.05) is 25.1 Å². The van der Waals surface area contributed by atoms with Crippen molar-refractivity contribution in [2.45, 2.75) is 17.6 Å². The first-order valence-electron chi connectivity index (χ1n) is 7.83. The Balaban J connectivity index is 0.00000312. The van der Waals surface area contributed by atoms with Crippen LogP contribution in [0.25, 0.3) is 0 Å². The van der Waals surface area contributed by atoms with Crippen LogP contribution in [0.5, 0.6) is 5.75 Å². The molecule has 1 aliphatic rings. The highest BCUT2D eigenvalue weighted by Crippen LogP contribution is 2.30. The number of anilines is 1. The normalized spacial score (nSPS) is 16.6. The van der Waals surface area contributed by atoms with Crippen molar-refractivity contribution in [1.82, 2.24) is 5.32 Å². The van der Waals surface area contributed by atoms with Crippen LogP contribution in [0.3, 0.4) is 0 Å². The van der Waals surface area contributed by atoms with Crippen LogP contribution >= 0.6 is 12.4 Å². The number of halogens is 1. The summed E-state index contributed by atoms with van der Waals surface area (Å²) >= 11 is 0. The largest absolute Gasteiger partial charge is 0.491 e. The molecular formula is C16H25ClN2O5S. The van der Waals surface area contributed by atoms with E-state index < -0.39 is 20.5 Å². The molecule has 0 saturated carbocycles. The lowest BCUT2D eigenvalue weighted by Crippen LogP contribution is -2.55. The highest BCUT2D eigenvalue weighted by Gasteiger charge is 2.48. The maximum Gasteiger partial charge on any atom is 0.245 e. The Kier molecular flexibility index (Phi) is 8.14. The van der Waals surface area contributed by atoms with Crippen molar-refractivity contribution in [2.24, 2.45) is 0 Å². The Labute approximate surface area is 154 Å². The molecule has 7 nitrogen and oxygen atoms in total. The standard InChI is InChI=1S/C16H24N2O5S.ClH/c1-22-10-11-23-14-5-3-4-13(12-14)18-15(19)16(24(2,20)21)6-8-17-9-7-16;/h3-5,12,17H,6-11H2,1-2H3,(H,18,19);1H. The maximum atomic E-state index is 12.7. The van der Waals surface area contributed by atoms with Crippen molar-refractivity contribution in [3.63, 3.8) is 0 Å². The van der Waals surface area contributed by atoms with Crippen LogP contribution in [0, 0.1) is 0 Å². The monoisotopic (exact) mass is 392 g/mol. The Bertz CT molecular complexity index is 675. The van der Waals surface area contributed by atoms with Crippen LogP contribution < -0.4 is 15.4 Å². The summed E-state index contributed by atoms with van der Waals surface area (Å²) in [6, 6.07) is 6.89. The van der Waals surface area contributed by atoms with E-state index in [-0.39, 0.29) is 25.2 Å². The molecule has 1 aromatic carbocycles. The average molecular weight is 393 g/mol. The third-order valence-corrected chi connectivity index (χ3v) is 6.20. The molecule has 0 aromatic heterocycles. The van der Waals surface area contributed by atoms with Gasteiger partial charge < -0.3 is 20.1 Å². The number of sulfone groups is 1. The average Bonchev–Trinajstić information content (AvgIpc) is 2.55. The molecule has 2 rings (SSSR count). The highest BCUT2D eigenvalue weighted by molar-refractivity contribution is 7.92. The van der Waals surface area contributed by atoms with Crippen LogP contribution in [-0.4, -0.2) is 58.7 Å². The minimum atomic E-state index is -3.53. The van der Waals surface area contributed by atoms with Crippen LogP contribution in [0.4, 0.5) is 5.69 Å². The second kappa shape index (κ2) is 9.38. The van der Waals surface area contributed by atoms with Gasteiger partial charge in [-0.2, -0.15) is 0 Å². The van der Waals surface area contributed by atoms with Gasteiger partial charge in [0.05, 0.1) is 6.61 Å². The summed E-state index contributed by atoms with van der Waals surface area (Å²) in [7, 11) is -1.95. The number of piperidine rings is 1. The van der Waals surface area contributed by atoms with Gasteiger partial charge >= 0.3 is 0 Å². The second-order valence-electron chi connectivity index (χ2n) is 5.84. The molecule has 1 saturated heterocycles. The van der Waals surface area contributed by atoms with Gasteiger partial charge in [-0.15, -0.1) is 12.4 Å². The number of nitrogens with one attached hydrogen (secondary N) is 2. The van der Waals surface area contributed by atoms with Crippen molar-refractivity contribution < 1.29 is 22.7 Å². The molecule has 0 atom stereocenters. The zero-order valence-electron chi connectivity index (χ0n) is 14.4. The first-order chi connectivity index (χ1) is 11.4. The van der Waals surface area contributed by atoms with Gasteiger partial charge in [0.25, 0.3) is 0 Å². The first kappa shape index (κ1) is 21.7. The molecule has 1 aliphatic heterocycles. The molecule has 2 N–H and O–H groups in total. The van der Waals surface area contributed by atoms with Gasteiger partial charge in [-0.25, -0.2) is 8.42 Å². The Morgan fingerprint density at radius 3 is 2.56 bits per heavy atom. The van der Waals surface area contributed by atoms with Crippen molar-refractivity contribution in [3.8, 4) is 5.75 Å². The number of methoxy groups -OCH3 is 1. The van der Waals surface area contributed by atoms with E-state index in [9.17, 15) is 13.2 Å². The van der Waals surface area contributed by atoms with E-state index in [1.54, 1.807) is 31.4 Å². The fourth-order valence-electron chi connectivity index (χ4n) is 2.75. The summed E-state index contributed by atoms with van der Waals surface area (Å²) in [5.41, 5.74) is 0.511. The lowest BCUT2D eigenvalue weighted by molar-refractivity contribution is -0.119. The molecule has 1 fully saturated rings. The molecule has 1 heterocycles. The molecule has 9 heteroatoms. The highest BCUT2D eigenvalue weighted by atomic mass is 35.5. The number of carbonyl (C=O) groups is 1. The molecule has 1 aromatic rings. The molecule has 0 unspecified atom stereocenters. The summed E-state index contributed by atoms with van der Waals surface area (Å²) in [5.74, 6) is 0.101. The number of hydrogen-bond donors (Lipinski definition) is 2. The summed E-state index contributed by atoms with van der Waals surface area (Å²) in [5, 5.41) is 5.82. The SMILES string of the molecule is COCCOc1cccc(NC(=O)C2(S(C)(=O)=O)CCNCC2)c1.Cl. The van der Waals surface area contributed by atoms with E-state index in [2.05, 4.69) is 10.6 Å². The van der Waals surface area contributed by atoms with Crippen molar-refractivity contribution in [3.05, 3.63) is 24.3 Å². The number of benzene rings is 1. The number of ether oxygens (including phenoxy) is 2. The van der Waals surface area contributed by atoms with Gasteiger partial charge in [-0.05, 0) is 38.1 Å². The molecule has 0 radical (unpaired) electrons. The minimum Gasteiger partial charge on any atom is -0.491 e. The fraction of sp³-hybridized carbons (Fsp3) is 0.562. The number of rotatable bonds is 7. The Morgan fingerprint density at radius 1 is 1.28 bits per heavy atom. The maximum absolute atomic E-state index is 12.7. The summed E-state index contributed by atoms with van der Waals surface area (Å²) < 4.78 is 33.5. The molecule has 0 spiro atoms. The van der Waals surface area contributed by atoms with E-state index in [1.807, 2.05) is 0 Å². The number of amides is 1. The second-order valence-corrected chi connectivity index (χ2v) is 8.17. The number of carbonyl (C=O) groups excluding carboxylic acids is 1. The molecule has 25 heavy (non-hydrogen) atoms. The van der Waals surface area contributed by atoms with E-state index in [4.69, 9.17) is 9.47 Å². The topological polar surface area (TPSA) is 93.7 Å². The van der Waals surface area contributed by atoms with Crippen molar-refractivity contribution >= 4 is 33.8 Å². The Morgan fingerprint density at radius 2 is 1.96 bits per heavy atom. The van der Waals surface area contributed by atoms with Gasteiger partial charge in [0.2, 0.25) is 5.91 Å². The van der Waals surface area contributed by atoms with Crippen LogP contribution in [0.15, 0.2) is 24.3 Å². The molecule has 0 aliphatic carbocycles. The van der Waals surface area contributed by atoms with Gasteiger partial charge in [-0.1, -0.05) is 6.07 Å². The van der Waals surface area contributed by atoms with E-state index in [1.165, 1.54) is 0 Å². The smallest absolute Gasteiger partial charge is 0.245 e. The van der Waals surface area contributed by atoms with Gasteiger partial charge in [0.15, 0.2) is 14.6 Å². The molecule has 1 amide bonds. The zero-order chi connectivity index (χ0) is 17.6. The van der Waals surface area contributed by atoms with Gasteiger partial charge in [-0.3, -0.25) is 4.79 Å². The van der Waals surface area contributed by atoms with E-state index in [0.29, 0.717) is 37.7 Å². The molecule has 0 bridgehead atoms. The van der Waals surface area contributed by atoms with E-state index in [0.717, 1.165) is 6.26 Å². The lowest BCUT2D eigenvalue weighted by atomic mass is 9.95. The summed E-state index contributed by atoms with van der Waals surface area (Å²) in [6.45, 7) is 1.86. The minimum absolute atomic E-state index is 0. The predicted molar refractivity (Wildman–Crippen MR) is 99.4 cm³/mol. The van der Waals surface area contributed by atoms with Gasteiger partial charge in [0.1, 0.15) is 12.4 Å². The predicted octanol–water partition coefficient (Wildman–Crippen LogP) is 1.24. The van der Waals surface area contributed by atoms with Crippen LogP contribution in [-0.2, 0) is 19.4 Å². The number of hydrogen-bond acceptors (Lipinski definition) is 6. The van der Waals surface area contributed by atoms with Crippen LogP contribution in [0.1, 0.15) is 12.8 Å². The first-order valence-corrected chi connectivity index (χ1v) is 9.72. The van der Waals surface area contributed by atoms with Crippen LogP contribution in [0.2, 0.25) is 0 Å². The van der Waals surface area contributed by atoms with E-state index >= 15 is 0 Å². The summed E-state index contributed by atoms with van der Waals surface area (Å²) in [4.78, 5) is 12.7. The lowest BCUT2D eigenvalue weighted by Gasteiger charge is -2.34. The molecular weight excluding hydrogens is 368 g/mol. The van der Waals surface area contributed by atoms with Crippen molar-refractivity contribution in [2.75, 3.05) is 45.0 Å². The quantitative estimate of drug-likeness (QED) is 0.678. The zero-order valence-corrected chi connectivity index (χ0v) is 16.0. The Hall–Kier alpha value is -1.35. The summed E-state index contributed by atoms with van der Waals surface area (Å²) in [6.07, 6.45) is 1.66. The van der Waals surface area contributed by atoms with Crippen molar-refractivity contribution in [1.29, 1.82) is 0 Å². The third kappa shape index (κ3) is 5.31. The third-order valence-electron chi connectivity index (χ3n) is 4.18.